The van der Waals surface area contributed by atoms with Crippen molar-refractivity contribution in [2.45, 2.75) is 45.6 Å². The summed E-state index contributed by atoms with van der Waals surface area (Å²) in [6.45, 7) is 4.57. The smallest absolute Gasteiger partial charge is 0.323 e. The summed E-state index contributed by atoms with van der Waals surface area (Å²) >= 11 is 5.92. The lowest BCUT2D eigenvalue weighted by Gasteiger charge is -2.41. The van der Waals surface area contributed by atoms with E-state index in [-0.39, 0.29) is 18.0 Å². The second-order valence-electron chi connectivity index (χ2n) is 6.41. The average molecular weight is 296 g/mol. The first kappa shape index (κ1) is 15.2. The molecular formula is C16H22ClNO2. The van der Waals surface area contributed by atoms with Crippen LogP contribution in [-0.2, 0) is 4.79 Å². The van der Waals surface area contributed by atoms with Crippen molar-refractivity contribution in [2.24, 2.45) is 5.41 Å². The van der Waals surface area contributed by atoms with Gasteiger partial charge in [0.2, 0.25) is 0 Å². The first-order valence-corrected chi connectivity index (χ1v) is 7.49. The molecule has 1 fully saturated rings. The Hall–Kier alpha value is -1.22. The predicted molar refractivity (Wildman–Crippen MR) is 82.5 cm³/mol. The van der Waals surface area contributed by atoms with Crippen LogP contribution in [0.15, 0.2) is 24.3 Å². The van der Waals surface area contributed by atoms with Crippen LogP contribution in [0.3, 0.4) is 0 Å². The largest absolute Gasteiger partial charge is 0.480 e. The molecule has 0 saturated heterocycles. The van der Waals surface area contributed by atoms with E-state index >= 15 is 0 Å². The quantitative estimate of drug-likeness (QED) is 0.905. The van der Waals surface area contributed by atoms with E-state index < -0.39 is 5.97 Å². The van der Waals surface area contributed by atoms with Crippen molar-refractivity contribution >= 4 is 23.3 Å². The summed E-state index contributed by atoms with van der Waals surface area (Å²) in [7, 11) is 0. The van der Waals surface area contributed by atoms with E-state index in [1.165, 1.54) is 6.42 Å². The third-order valence-corrected chi connectivity index (χ3v) is 4.34. The van der Waals surface area contributed by atoms with Crippen LogP contribution in [0.2, 0.25) is 5.02 Å². The average Bonchev–Trinajstić information content (AvgIpc) is 2.36. The Morgan fingerprint density at radius 1 is 1.40 bits per heavy atom. The standard InChI is InChI=1S/C16H22ClNO2/c1-16(2)9-3-4-14(10-16)18(11-15(19)20)13-7-5-12(17)6-8-13/h5-8,14H,3-4,9-11H2,1-2H3,(H,19,20). The van der Waals surface area contributed by atoms with Crippen molar-refractivity contribution in [1.82, 2.24) is 0 Å². The van der Waals surface area contributed by atoms with Crippen LogP contribution in [0.4, 0.5) is 5.69 Å². The zero-order chi connectivity index (χ0) is 14.8. The number of rotatable bonds is 4. The normalized spacial score (nSPS) is 21.4. The van der Waals surface area contributed by atoms with Gasteiger partial charge in [-0.05, 0) is 48.9 Å². The molecule has 0 aliphatic heterocycles. The number of hydrogen-bond acceptors (Lipinski definition) is 2. The van der Waals surface area contributed by atoms with Crippen LogP contribution in [0, 0.1) is 5.41 Å². The van der Waals surface area contributed by atoms with Crippen molar-refractivity contribution in [3.05, 3.63) is 29.3 Å². The monoisotopic (exact) mass is 295 g/mol. The molecule has 1 aromatic rings. The molecule has 3 nitrogen and oxygen atoms in total. The van der Waals surface area contributed by atoms with Gasteiger partial charge in [-0.2, -0.15) is 0 Å². The van der Waals surface area contributed by atoms with Crippen molar-refractivity contribution in [3.63, 3.8) is 0 Å². The number of carbonyl (C=O) groups is 1. The van der Waals surface area contributed by atoms with Gasteiger partial charge in [-0.15, -0.1) is 0 Å². The maximum Gasteiger partial charge on any atom is 0.323 e. The molecule has 4 heteroatoms. The van der Waals surface area contributed by atoms with Crippen LogP contribution < -0.4 is 4.90 Å². The third-order valence-electron chi connectivity index (χ3n) is 4.08. The number of carboxylic acids is 1. The van der Waals surface area contributed by atoms with Gasteiger partial charge in [0.05, 0.1) is 0 Å². The van der Waals surface area contributed by atoms with Gasteiger partial charge in [-0.3, -0.25) is 4.79 Å². The molecule has 1 saturated carbocycles. The van der Waals surface area contributed by atoms with Gasteiger partial charge in [0, 0.05) is 16.8 Å². The molecule has 1 unspecified atom stereocenters. The summed E-state index contributed by atoms with van der Waals surface area (Å²) < 4.78 is 0. The van der Waals surface area contributed by atoms with Gasteiger partial charge in [0.15, 0.2) is 0 Å². The van der Waals surface area contributed by atoms with Crippen LogP contribution in [0.5, 0.6) is 0 Å². The summed E-state index contributed by atoms with van der Waals surface area (Å²) in [6.07, 6.45) is 4.45. The number of nitrogens with zero attached hydrogens (tertiary/aromatic N) is 1. The Morgan fingerprint density at radius 3 is 2.60 bits per heavy atom. The number of halogens is 1. The SMILES string of the molecule is CC1(C)CCCC(N(CC(=O)O)c2ccc(Cl)cc2)C1. The maximum absolute atomic E-state index is 11.2. The number of benzene rings is 1. The van der Waals surface area contributed by atoms with Gasteiger partial charge in [-0.25, -0.2) is 0 Å². The van der Waals surface area contributed by atoms with E-state index in [0.717, 1.165) is 24.9 Å². The Bertz CT molecular complexity index is 470. The van der Waals surface area contributed by atoms with Gasteiger partial charge < -0.3 is 10.0 Å². The number of carboxylic acid groups (broad SMARTS) is 1. The molecule has 1 aliphatic carbocycles. The molecule has 110 valence electrons. The highest BCUT2D eigenvalue weighted by Crippen LogP contribution is 2.38. The van der Waals surface area contributed by atoms with Gasteiger partial charge in [0.25, 0.3) is 0 Å². The lowest BCUT2D eigenvalue weighted by atomic mass is 9.74. The highest BCUT2D eigenvalue weighted by Gasteiger charge is 2.32. The minimum absolute atomic E-state index is 0.0440. The van der Waals surface area contributed by atoms with Crippen LogP contribution in [0.25, 0.3) is 0 Å². The van der Waals surface area contributed by atoms with Gasteiger partial charge >= 0.3 is 5.97 Å². The Kier molecular flexibility index (Phi) is 4.59. The summed E-state index contributed by atoms with van der Waals surface area (Å²) in [6, 6.07) is 7.75. The zero-order valence-corrected chi connectivity index (χ0v) is 12.9. The molecule has 0 radical (unpaired) electrons. The molecule has 0 aromatic heterocycles. The third kappa shape index (κ3) is 3.89. The van der Waals surface area contributed by atoms with E-state index in [4.69, 9.17) is 11.6 Å². The molecule has 0 amide bonds. The second kappa shape index (κ2) is 6.04. The lowest BCUT2D eigenvalue weighted by molar-refractivity contribution is -0.135. The summed E-state index contributed by atoms with van der Waals surface area (Å²) in [5.41, 5.74) is 1.23. The first-order chi connectivity index (χ1) is 9.37. The van der Waals surface area contributed by atoms with Crippen molar-refractivity contribution < 1.29 is 9.90 Å². The van der Waals surface area contributed by atoms with Crippen LogP contribution in [-0.4, -0.2) is 23.7 Å². The molecular weight excluding hydrogens is 274 g/mol. The molecule has 1 aromatic carbocycles. The predicted octanol–water partition coefficient (Wildman–Crippen LogP) is 4.20. The molecule has 20 heavy (non-hydrogen) atoms. The van der Waals surface area contributed by atoms with Gasteiger partial charge in [0.1, 0.15) is 6.54 Å². The number of anilines is 1. The zero-order valence-electron chi connectivity index (χ0n) is 12.1. The fourth-order valence-corrected chi connectivity index (χ4v) is 3.26. The lowest BCUT2D eigenvalue weighted by Crippen LogP contribution is -2.43. The van der Waals surface area contributed by atoms with E-state index in [1.54, 1.807) is 0 Å². The van der Waals surface area contributed by atoms with Crippen LogP contribution >= 0.6 is 11.6 Å². The topological polar surface area (TPSA) is 40.5 Å². The fourth-order valence-electron chi connectivity index (χ4n) is 3.13. The highest BCUT2D eigenvalue weighted by molar-refractivity contribution is 6.30. The van der Waals surface area contributed by atoms with Crippen molar-refractivity contribution in [1.29, 1.82) is 0 Å². The molecule has 1 N–H and O–H groups in total. The maximum atomic E-state index is 11.2. The first-order valence-electron chi connectivity index (χ1n) is 7.11. The molecule has 0 bridgehead atoms. The summed E-state index contributed by atoms with van der Waals surface area (Å²) in [5.74, 6) is -0.789. The fraction of sp³-hybridized carbons (Fsp3) is 0.562. The van der Waals surface area contributed by atoms with Crippen LogP contribution in [0.1, 0.15) is 39.5 Å². The molecule has 1 aliphatic rings. The summed E-state index contributed by atoms with van der Waals surface area (Å²) in [4.78, 5) is 13.2. The van der Waals surface area contributed by atoms with E-state index in [2.05, 4.69) is 13.8 Å². The van der Waals surface area contributed by atoms with E-state index in [9.17, 15) is 9.90 Å². The van der Waals surface area contributed by atoms with E-state index in [1.807, 2.05) is 29.2 Å². The second-order valence-corrected chi connectivity index (χ2v) is 6.85. The Balaban J connectivity index is 2.23. The molecule has 2 rings (SSSR count). The number of hydrogen-bond donors (Lipinski definition) is 1. The molecule has 1 atom stereocenters. The minimum Gasteiger partial charge on any atom is -0.480 e. The molecule has 0 heterocycles. The Morgan fingerprint density at radius 2 is 2.05 bits per heavy atom. The van der Waals surface area contributed by atoms with Crippen molar-refractivity contribution in [3.8, 4) is 0 Å². The van der Waals surface area contributed by atoms with E-state index in [0.29, 0.717) is 5.02 Å². The number of aliphatic carboxylic acids is 1. The molecule has 0 spiro atoms. The highest BCUT2D eigenvalue weighted by atomic mass is 35.5. The minimum atomic E-state index is -0.789. The Labute approximate surface area is 125 Å². The summed E-state index contributed by atoms with van der Waals surface area (Å²) in [5, 5.41) is 9.87. The van der Waals surface area contributed by atoms with Gasteiger partial charge in [-0.1, -0.05) is 31.9 Å². The van der Waals surface area contributed by atoms with Crippen molar-refractivity contribution in [2.75, 3.05) is 11.4 Å².